The number of halogens is 1. The summed E-state index contributed by atoms with van der Waals surface area (Å²) < 4.78 is 18.8. The van der Waals surface area contributed by atoms with Gasteiger partial charge >= 0.3 is 0 Å². The van der Waals surface area contributed by atoms with Crippen molar-refractivity contribution in [3.63, 3.8) is 0 Å². The zero-order valence-corrected chi connectivity index (χ0v) is 22.9. The van der Waals surface area contributed by atoms with Gasteiger partial charge in [0.25, 0.3) is 5.91 Å². The molecular formula is C30H36FN5O5. The fourth-order valence-corrected chi connectivity index (χ4v) is 4.93. The Bertz CT molecular complexity index is 1260. The summed E-state index contributed by atoms with van der Waals surface area (Å²) in [7, 11) is 0. The van der Waals surface area contributed by atoms with Gasteiger partial charge in [0.1, 0.15) is 18.2 Å². The van der Waals surface area contributed by atoms with Gasteiger partial charge in [-0.2, -0.15) is 0 Å². The highest BCUT2D eigenvalue weighted by atomic mass is 19.1. The van der Waals surface area contributed by atoms with Crippen molar-refractivity contribution in [2.75, 3.05) is 45.9 Å². The van der Waals surface area contributed by atoms with E-state index in [4.69, 9.17) is 4.74 Å². The highest BCUT2D eigenvalue weighted by molar-refractivity contribution is 5.97. The Labute approximate surface area is 238 Å². The van der Waals surface area contributed by atoms with Crippen molar-refractivity contribution in [2.45, 2.75) is 25.8 Å². The first-order valence-corrected chi connectivity index (χ1v) is 13.8. The summed E-state index contributed by atoms with van der Waals surface area (Å²) in [4.78, 5) is 53.0. The quantitative estimate of drug-likeness (QED) is 0.445. The Kier molecular flexibility index (Phi) is 10.4. The molecule has 10 nitrogen and oxygen atoms in total. The van der Waals surface area contributed by atoms with Crippen molar-refractivity contribution in [2.24, 2.45) is 5.41 Å². The molecular weight excluding hydrogens is 529 g/mol. The molecule has 4 amide bonds. The number of rotatable bonds is 4. The third-order valence-electron chi connectivity index (χ3n) is 7.33. The second-order valence-electron chi connectivity index (χ2n) is 10.2. The van der Waals surface area contributed by atoms with E-state index in [1.165, 1.54) is 18.2 Å². The number of fused-ring (bicyclic) bond motifs is 1. The minimum Gasteiger partial charge on any atom is -0.491 e. The molecule has 1 saturated heterocycles. The highest BCUT2D eigenvalue weighted by Gasteiger charge is 2.40. The van der Waals surface area contributed by atoms with Gasteiger partial charge in [-0.1, -0.05) is 30.3 Å². The SMILES string of the molecule is O=C1/C=C/CC2(CCN(CC(=O)NCc3ccc(F)cc3)CC2)C(=O)NCCNC(=O)c2ccccc2OCCN1. The monoisotopic (exact) mass is 565 g/mol. The van der Waals surface area contributed by atoms with Gasteiger partial charge in [-0.15, -0.1) is 0 Å². The summed E-state index contributed by atoms with van der Waals surface area (Å²) in [5.41, 5.74) is 0.435. The molecule has 41 heavy (non-hydrogen) atoms. The number of carbonyl (C=O) groups is 4. The fourth-order valence-electron chi connectivity index (χ4n) is 4.93. The number of amides is 4. The van der Waals surface area contributed by atoms with Crippen LogP contribution in [0.15, 0.2) is 60.7 Å². The van der Waals surface area contributed by atoms with E-state index in [0.717, 1.165) is 5.56 Å². The lowest BCUT2D eigenvalue weighted by atomic mass is 9.74. The minimum absolute atomic E-state index is 0.148. The second-order valence-corrected chi connectivity index (χ2v) is 10.2. The molecule has 4 N–H and O–H groups in total. The number of hydrogen-bond acceptors (Lipinski definition) is 6. The molecule has 1 spiro atoms. The van der Waals surface area contributed by atoms with Crippen molar-refractivity contribution < 1.29 is 28.3 Å². The Balaban J connectivity index is 1.34. The molecule has 218 valence electrons. The van der Waals surface area contributed by atoms with Crippen LogP contribution in [0.3, 0.4) is 0 Å². The Hall–Kier alpha value is -4.25. The van der Waals surface area contributed by atoms with Crippen molar-refractivity contribution in [3.8, 4) is 5.75 Å². The summed E-state index contributed by atoms with van der Waals surface area (Å²) in [5.74, 6) is -0.823. The molecule has 2 aliphatic rings. The largest absolute Gasteiger partial charge is 0.491 e. The number of likely N-dealkylation sites (tertiary alicyclic amines) is 1. The topological polar surface area (TPSA) is 129 Å². The number of para-hydroxylation sites is 1. The van der Waals surface area contributed by atoms with Gasteiger partial charge in [-0.05, 0) is 68.3 Å². The summed E-state index contributed by atoms with van der Waals surface area (Å²) in [6.45, 7) is 2.49. The van der Waals surface area contributed by atoms with E-state index in [0.29, 0.717) is 50.2 Å². The maximum absolute atomic E-state index is 13.4. The molecule has 0 bridgehead atoms. The van der Waals surface area contributed by atoms with Crippen LogP contribution in [0.4, 0.5) is 4.39 Å². The average molecular weight is 566 g/mol. The van der Waals surface area contributed by atoms with Crippen LogP contribution in [0.2, 0.25) is 0 Å². The first kappa shape index (κ1) is 29.7. The molecule has 2 heterocycles. The lowest BCUT2D eigenvalue weighted by Gasteiger charge is -2.40. The van der Waals surface area contributed by atoms with Gasteiger partial charge < -0.3 is 26.0 Å². The first-order valence-electron chi connectivity index (χ1n) is 13.8. The number of allylic oxidation sites excluding steroid dienone is 1. The van der Waals surface area contributed by atoms with Gasteiger partial charge in [-0.25, -0.2) is 4.39 Å². The van der Waals surface area contributed by atoms with Crippen molar-refractivity contribution in [1.82, 2.24) is 26.2 Å². The molecule has 0 unspecified atom stereocenters. The lowest BCUT2D eigenvalue weighted by molar-refractivity contribution is -0.134. The highest BCUT2D eigenvalue weighted by Crippen LogP contribution is 2.36. The number of carbonyl (C=O) groups excluding carboxylic acids is 4. The van der Waals surface area contributed by atoms with E-state index in [2.05, 4.69) is 21.3 Å². The number of piperidine rings is 1. The maximum Gasteiger partial charge on any atom is 0.255 e. The van der Waals surface area contributed by atoms with Gasteiger partial charge in [-0.3, -0.25) is 24.1 Å². The average Bonchev–Trinajstić information content (AvgIpc) is 2.98. The van der Waals surface area contributed by atoms with Crippen LogP contribution in [0.1, 0.15) is 35.2 Å². The van der Waals surface area contributed by atoms with Crippen LogP contribution in [0, 0.1) is 11.2 Å². The van der Waals surface area contributed by atoms with Gasteiger partial charge in [0, 0.05) is 19.6 Å². The standard InChI is InChI=1S/C30H36FN5O5/c31-23-9-7-22(8-10-23)20-35-27(38)21-36-17-12-30(13-18-36)11-3-6-26(37)32-16-19-41-25-5-2-1-4-24(25)28(39)33-14-15-34-29(30)40/h1-10H,11-21H2,(H,32,37)(H,33,39)(H,34,40)(H,35,38)/b6-3+. The maximum atomic E-state index is 13.4. The van der Waals surface area contributed by atoms with E-state index in [1.54, 1.807) is 42.5 Å². The number of nitrogens with one attached hydrogen (secondary N) is 4. The second kappa shape index (κ2) is 14.4. The summed E-state index contributed by atoms with van der Waals surface area (Å²) >= 11 is 0. The summed E-state index contributed by atoms with van der Waals surface area (Å²) in [6.07, 6.45) is 4.52. The van der Waals surface area contributed by atoms with Crippen LogP contribution < -0.4 is 26.0 Å². The van der Waals surface area contributed by atoms with Crippen LogP contribution in [0.5, 0.6) is 5.75 Å². The number of benzene rings is 2. The molecule has 2 aromatic carbocycles. The fraction of sp³-hybridized carbons (Fsp3) is 0.400. The summed E-state index contributed by atoms with van der Waals surface area (Å²) in [6, 6.07) is 12.8. The molecule has 0 aromatic heterocycles. The molecule has 0 saturated carbocycles. The predicted molar refractivity (Wildman–Crippen MR) is 150 cm³/mol. The van der Waals surface area contributed by atoms with E-state index < -0.39 is 5.41 Å². The number of hydrogen-bond donors (Lipinski definition) is 4. The van der Waals surface area contributed by atoms with Gasteiger partial charge in [0.2, 0.25) is 17.7 Å². The normalized spacial score (nSPS) is 19.5. The predicted octanol–water partition coefficient (Wildman–Crippen LogP) is 1.53. The smallest absolute Gasteiger partial charge is 0.255 e. The lowest BCUT2D eigenvalue weighted by Crippen LogP contribution is -2.51. The Morgan fingerprint density at radius 3 is 2.46 bits per heavy atom. The third-order valence-corrected chi connectivity index (χ3v) is 7.33. The van der Waals surface area contributed by atoms with Crippen molar-refractivity contribution in [3.05, 3.63) is 77.6 Å². The van der Waals surface area contributed by atoms with Crippen LogP contribution in [0.25, 0.3) is 0 Å². The van der Waals surface area contributed by atoms with Crippen LogP contribution in [-0.2, 0) is 20.9 Å². The van der Waals surface area contributed by atoms with Crippen LogP contribution in [-0.4, -0.2) is 74.4 Å². The van der Waals surface area contributed by atoms with E-state index in [-0.39, 0.29) is 62.2 Å². The molecule has 11 heteroatoms. The van der Waals surface area contributed by atoms with Crippen molar-refractivity contribution in [1.29, 1.82) is 0 Å². The van der Waals surface area contributed by atoms with E-state index >= 15 is 0 Å². The molecule has 4 rings (SSSR count). The van der Waals surface area contributed by atoms with E-state index in [9.17, 15) is 23.6 Å². The summed E-state index contributed by atoms with van der Waals surface area (Å²) in [5, 5.41) is 11.4. The Morgan fingerprint density at radius 2 is 1.68 bits per heavy atom. The molecule has 2 aliphatic heterocycles. The first-order chi connectivity index (χ1) is 19.8. The van der Waals surface area contributed by atoms with Gasteiger partial charge in [0.15, 0.2) is 0 Å². The zero-order chi connectivity index (χ0) is 29.1. The zero-order valence-electron chi connectivity index (χ0n) is 22.9. The van der Waals surface area contributed by atoms with Crippen LogP contribution >= 0.6 is 0 Å². The molecule has 0 radical (unpaired) electrons. The Morgan fingerprint density at radius 1 is 0.951 bits per heavy atom. The molecule has 1 fully saturated rings. The molecule has 2 aromatic rings. The third kappa shape index (κ3) is 8.62. The molecule has 0 atom stereocenters. The van der Waals surface area contributed by atoms with Gasteiger partial charge in [0.05, 0.1) is 24.1 Å². The van der Waals surface area contributed by atoms with E-state index in [1.807, 2.05) is 4.90 Å². The number of nitrogens with zero attached hydrogens (tertiary/aromatic N) is 1. The minimum atomic E-state index is -0.744. The number of ether oxygens (including phenoxy) is 1. The van der Waals surface area contributed by atoms with Crippen molar-refractivity contribution >= 4 is 23.6 Å². The molecule has 0 aliphatic carbocycles.